The van der Waals surface area contributed by atoms with Crippen molar-refractivity contribution < 1.29 is 9.90 Å². The van der Waals surface area contributed by atoms with Crippen LogP contribution < -0.4 is 0 Å². The number of hydrogen-bond donors (Lipinski definition) is 1. The zero-order valence-electron chi connectivity index (χ0n) is 9.23. The Morgan fingerprint density at radius 1 is 1.12 bits per heavy atom. The van der Waals surface area contributed by atoms with Gasteiger partial charge in [-0.25, -0.2) is 0 Å². The molecular formula is C14H14O2. The van der Waals surface area contributed by atoms with Gasteiger partial charge in [0.15, 0.2) is 0 Å². The minimum Gasteiger partial charge on any atom is -0.481 e. The van der Waals surface area contributed by atoms with E-state index in [1.54, 1.807) is 0 Å². The highest BCUT2D eigenvalue weighted by Crippen LogP contribution is 2.22. The third kappa shape index (κ3) is 2.06. The van der Waals surface area contributed by atoms with Crippen molar-refractivity contribution in [3.63, 3.8) is 0 Å². The van der Waals surface area contributed by atoms with Crippen LogP contribution in [-0.2, 0) is 11.2 Å². The van der Waals surface area contributed by atoms with Gasteiger partial charge in [-0.05, 0) is 35.2 Å². The predicted octanol–water partition coefficient (Wildman–Crippen LogP) is 3.17. The Labute approximate surface area is 94.5 Å². The molecule has 0 heterocycles. The van der Waals surface area contributed by atoms with Crippen molar-refractivity contribution in [2.24, 2.45) is 0 Å². The molecule has 0 aliphatic heterocycles. The maximum atomic E-state index is 10.6. The van der Waals surface area contributed by atoms with Crippen LogP contribution in [0.3, 0.4) is 0 Å². The van der Waals surface area contributed by atoms with E-state index in [2.05, 4.69) is 25.1 Å². The first-order valence-corrected chi connectivity index (χ1v) is 5.37. The van der Waals surface area contributed by atoms with Crippen LogP contribution in [0.5, 0.6) is 0 Å². The van der Waals surface area contributed by atoms with Crippen LogP contribution in [0.2, 0.25) is 0 Å². The van der Waals surface area contributed by atoms with Gasteiger partial charge in [0, 0.05) is 6.42 Å². The number of carbonyl (C=O) groups is 1. The molecule has 2 aromatic carbocycles. The van der Waals surface area contributed by atoms with Gasteiger partial charge in [0.1, 0.15) is 0 Å². The fourth-order valence-electron chi connectivity index (χ4n) is 1.99. The van der Waals surface area contributed by atoms with E-state index in [-0.39, 0.29) is 6.42 Å². The highest BCUT2D eigenvalue weighted by atomic mass is 16.4. The molecule has 2 heteroatoms. The summed E-state index contributed by atoms with van der Waals surface area (Å²) in [5, 5.41) is 11.1. The molecule has 0 atom stereocenters. The van der Waals surface area contributed by atoms with Crippen molar-refractivity contribution in [2.45, 2.75) is 19.8 Å². The molecule has 16 heavy (non-hydrogen) atoms. The first kappa shape index (κ1) is 10.7. The highest BCUT2D eigenvalue weighted by Gasteiger charge is 2.04. The lowest BCUT2D eigenvalue weighted by molar-refractivity contribution is -0.136. The maximum absolute atomic E-state index is 10.6. The fourth-order valence-corrected chi connectivity index (χ4v) is 1.99. The van der Waals surface area contributed by atoms with E-state index in [4.69, 9.17) is 5.11 Å². The van der Waals surface area contributed by atoms with Crippen molar-refractivity contribution >= 4 is 16.7 Å². The molecule has 1 N–H and O–H groups in total. The summed E-state index contributed by atoms with van der Waals surface area (Å²) in [6.45, 7) is 2.07. The second-order valence-corrected chi connectivity index (χ2v) is 3.98. The van der Waals surface area contributed by atoms with Crippen LogP contribution >= 0.6 is 0 Å². The van der Waals surface area contributed by atoms with Crippen LogP contribution in [0.25, 0.3) is 10.8 Å². The van der Waals surface area contributed by atoms with E-state index < -0.39 is 5.97 Å². The Morgan fingerprint density at radius 3 is 2.56 bits per heavy atom. The van der Waals surface area contributed by atoms with Crippen molar-refractivity contribution in [1.82, 2.24) is 0 Å². The van der Waals surface area contributed by atoms with Gasteiger partial charge in [-0.1, -0.05) is 36.4 Å². The van der Waals surface area contributed by atoms with E-state index >= 15 is 0 Å². The summed E-state index contributed by atoms with van der Waals surface area (Å²) in [4.78, 5) is 10.6. The lowest BCUT2D eigenvalue weighted by atomic mass is 9.98. The average Bonchev–Trinajstić information content (AvgIpc) is 2.27. The molecule has 2 aromatic rings. The Balaban J connectivity index is 2.45. The number of rotatable bonds is 3. The van der Waals surface area contributed by atoms with Gasteiger partial charge in [-0.3, -0.25) is 4.79 Å². The summed E-state index contributed by atoms with van der Waals surface area (Å²) in [6.07, 6.45) is 0.781. The Bertz CT molecular complexity index is 529. The first-order valence-electron chi connectivity index (χ1n) is 5.37. The lowest BCUT2D eigenvalue weighted by Gasteiger charge is -2.07. The summed E-state index contributed by atoms with van der Waals surface area (Å²) in [5.74, 6) is -0.746. The van der Waals surface area contributed by atoms with E-state index in [0.29, 0.717) is 6.42 Å². The second-order valence-electron chi connectivity index (χ2n) is 3.98. The zero-order valence-corrected chi connectivity index (χ0v) is 9.23. The monoisotopic (exact) mass is 214 g/mol. The average molecular weight is 214 g/mol. The number of aryl methyl sites for hydroxylation is 2. The molecule has 0 bridgehead atoms. The number of fused-ring (bicyclic) bond motifs is 1. The van der Waals surface area contributed by atoms with Gasteiger partial charge < -0.3 is 5.11 Å². The van der Waals surface area contributed by atoms with Crippen LogP contribution in [0.1, 0.15) is 17.5 Å². The van der Waals surface area contributed by atoms with Gasteiger partial charge in [0.05, 0.1) is 0 Å². The van der Waals surface area contributed by atoms with Gasteiger partial charge in [0.2, 0.25) is 0 Å². The van der Waals surface area contributed by atoms with Crippen LogP contribution in [-0.4, -0.2) is 11.1 Å². The molecule has 0 aliphatic carbocycles. The molecule has 0 spiro atoms. The molecule has 0 saturated heterocycles. The largest absolute Gasteiger partial charge is 0.481 e. The first-order chi connectivity index (χ1) is 7.68. The zero-order chi connectivity index (χ0) is 11.5. The van der Waals surface area contributed by atoms with Crippen LogP contribution in [0.4, 0.5) is 0 Å². The molecule has 2 rings (SSSR count). The summed E-state index contributed by atoms with van der Waals surface area (Å²) < 4.78 is 0. The predicted molar refractivity (Wildman–Crippen MR) is 64.6 cm³/mol. The Morgan fingerprint density at radius 2 is 1.81 bits per heavy atom. The van der Waals surface area contributed by atoms with Crippen molar-refractivity contribution in [3.05, 3.63) is 47.5 Å². The van der Waals surface area contributed by atoms with Gasteiger partial charge >= 0.3 is 5.97 Å². The topological polar surface area (TPSA) is 37.3 Å². The molecule has 0 aromatic heterocycles. The SMILES string of the molecule is Cc1cccc2c(CCC(=O)O)cccc12. The molecule has 0 aliphatic rings. The summed E-state index contributed by atoms with van der Waals surface area (Å²) in [7, 11) is 0. The number of aliphatic carboxylic acids is 1. The number of carboxylic acid groups (broad SMARTS) is 1. The minimum absolute atomic E-state index is 0.188. The normalized spacial score (nSPS) is 10.6. The van der Waals surface area contributed by atoms with E-state index in [0.717, 1.165) is 5.56 Å². The third-order valence-corrected chi connectivity index (χ3v) is 2.84. The number of carboxylic acids is 1. The molecule has 0 radical (unpaired) electrons. The standard InChI is InChI=1S/C14H14O2/c1-10-4-2-7-13-11(8-9-14(15)16)5-3-6-12(10)13/h2-7H,8-9H2,1H3,(H,15,16). The quantitative estimate of drug-likeness (QED) is 0.852. The summed E-state index contributed by atoms with van der Waals surface area (Å²) in [6, 6.07) is 12.2. The minimum atomic E-state index is -0.746. The highest BCUT2D eigenvalue weighted by molar-refractivity contribution is 5.88. The molecule has 0 saturated carbocycles. The fraction of sp³-hybridized carbons (Fsp3) is 0.214. The van der Waals surface area contributed by atoms with E-state index in [1.807, 2.05) is 18.2 Å². The maximum Gasteiger partial charge on any atom is 0.303 e. The molecule has 0 amide bonds. The smallest absolute Gasteiger partial charge is 0.303 e. The molecule has 0 unspecified atom stereocenters. The van der Waals surface area contributed by atoms with Crippen molar-refractivity contribution in [3.8, 4) is 0 Å². The molecule has 2 nitrogen and oxygen atoms in total. The molecule has 0 fully saturated rings. The van der Waals surface area contributed by atoms with Crippen molar-refractivity contribution in [1.29, 1.82) is 0 Å². The third-order valence-electron chi connectivity index (χ3n) is 2.84. The van der Waals surface area contributed by atoms with Gasteiger partial charge in [-0.15, -0.1) is 0 Å². The van der Waals surface area contributed by atoms with E-state index in [9.17, 15) is 4.79 Å². The lowest BCUT2D eigenvalue weighted by Crippen LogP contribution is -1.98. The Hall–Kier alpha value is -1.83. The molecule has 82 valence electrons. The van der Waals surface area contributed by atoms with E-state index in [1.165, 1.54) is 16.3 Å². The number of hydrogen-bond acceptors (Lipinski definition) is 1. The van der Waals surface area contributed by atoms with Gasteiger partial charge in [-0.2, -0.15) is 0 Å². The molecular weight excluding hydrogens is 200 g/mol. The van der Waals surface area contributed by atoms with Gasteiger partial charge in [0.25, 0.3) is 0 Å². The Kier molecular flexibility index (Phi) is 2.91. The van der Waals surface area contributed by atoms with Crippen LogP contribution in [0.15, 0.2) is 36.4 Å². The number of benzene rings is 2. The van der Waals surface area contributed by atoms with Crippen molar-refractivity contribution in [2.75, 3.05) is 0 Å². The second kappa shape index (κ2) is 4.35. The summed E-state index contributed by atoms with van der Waals surface area (Å²) in [5.41, 5.74) is 2.35. The van der Waals surface area contributed by atoms with Crippen LogP contribution in [0, 0.1) is 6.92 Å². The summed E-state index contributed by atoms with van der Waals surface area (Å²) >= 11 is 0.